The van der Waals surface area contributed by atoms with Crippen LogP contribution in [0.15, 0.2) is 0 Å². The Morgan fingerprint density at radius 1 is 1.67 bits per heavy atom. The van der Waals surface area contributed by atoms with Crippen molar-refractivity contribution in [3.63, 3.8) is 0 Å². The van der Waals surface area contributed by atoms with E-state index in [0.717, 1.165) is 0 Å². The Morgan fingerprint density at radius 3 is 2.58 bits per heavy atom. The molecule has 4 nitrogen and oxygen atoms in total. The molecular formula is C8H16N2O2. The van der Waals surface area contributed by atoms with Crippen LogP contribution in [0.1, 0.15) is 20.3 Å². The van der Waals surface area contributed by atoms with Crippen LogP contribution in [0.3, 0.4) is 0 Å². The van der Waals surface area contributed by atoms with E-state index in [2.05, 4.69) is 13.8 Å². The van der Waals surface area contributed by atoms with Gasteiger partial charge in [0.2, 0.25) is 5.91 Å². The molecule has 1 aliphatic heterocycles. The van der Waals surface area contributed by atoms with Gasteiger partial charge in [-0.3, -0.25) is 4.79 Å². The second-order valence-corrected chi connectivity index (χ2v) is 3.76. The van der Waals surface area contributed by atoms with Gasteiger partial charge in [-0.2, -0.15) is 5.06 Å². The minimum Gasteiger partial charge on any atom is -0.322 e. The van der Waals surface area contributed by atoms with Gasteiger partial charge in [0.1, 0.15) is 0 Å². The summed E-state index contributed by atoms with van der Waals surface area (Å²) in [7, 11) is 3.40. The topological polar surface area (TPSA) is 32.8 Å². The van der Waals surface area contributed by atoms with E-state index in [1.807, 2.05) is 7.05 Å². The van der Waals surface area contributed by atoms with Crippen molar-refractivity contribution in [3.05, 3.63) is 0 Å². The Balaban J connectivity index is 2.46. The van der Waals surface area contributed by atoms with E-state index in [1.165, 1.54) is 0 Å². The molecule has 0 bridgehead atoms. The molecule has 1 fully saturated rings. The van der Waals surface area contributed by atoms with Crippen molar-refractivity contribution in [2.24, 2.45) is 0 Å². The van der Waals surface area contributed by atoms with Crippen LogP contribution < -0.4 is 0 Å². The number of hydroxylamine groups is 2. The number of hydrogen-bond donors (Lipinski definition) is 0. The standard InChI is InChI=1S/C8H16N2O2/c1-8(2)5-7(11)10(8)6-9(3)12-4/h5-6H2,1-4H3. The van der Waals surface area contributed by atoms with Gasteiger partial charge < -0.3 is 9.74 Å². The van der Waals surface area contributed by atoms with Crippen molar-refractivity contribution in [2.45, 2.75) is 25.8 Å². The minimum atomic E-state index is 0.00384. The first kappa shape index (κ1) is 9.48. The van der Waals surface area contributed by atoms with Crippen LogP contribution in [0.5, 0.6) is 0 Å². The van der Waals surface area contributed by atoms with Gasteiger partial charge in [0.25, 0.3) is 0 Å². The fraction of sp³-hybridized carbons (Fsp3) is 0.875. The molecule has 0 unspecified atom stereocenters. The van der Waals surface area contributed by atoms with Crippen LogP contribution >= 0.6 is 0 Å². The molecule has 0 atom stereocenters. The van der Waals surface area contributed by atoms with E-state index in [4.69, 9.17) is 4.84 Å². The summed E-state index contributed by atoms with van der Waals surface area (Å²) in [4.78, 5) is 17.9. The smallest absolute Gasteiger partial charge is 0.226 e. The summed E-state index contributed by atoms with van der Waals surface area (Å²) in [5.41, 5.74) is 0.00384. The van der Waals surface area contributed by atoms with Crippen molar-refractivity contribution < 1.29 is 9.63 Å². The normalized spacial score (nSPS) is 21.4. The molecule has 0 saturated carbocycles. The monoisotopic (exact) mass is 172 g/mol. The highest BCUT2D eigenvalue weighted by Gasteiger charge is 2.43. The second kappa shape index (κ2) is 3.03. The highest BCUT2D eigenvalue weighted by atomic mass is 16.7. The van der Waals surface area contributed by atoms with Gasteiger partial charge in [-0.1, -0.05) is 0 Å². The van der Waals surface area contributed by atoms with Gasteiger partial charge in [-0.15, -0.1) is 0 Å². The van der Waals surface area contributed by atoms with Crippen molar-refractivity contribution >= 4 is 5.91 Å². The first-order chi connectivity index (χ1) is 5.47. The average Bonchev–Trinajstić information content (AvgIpc) is 1.99. The van der Waals surface area contributed by atoms with Gasteiger partial charge in [0.15, 0.2) is 0 Å². The molecule has 1 aliphatic rings. The minimum absolute atomic E-state index is 0.00384. The second-order valence-electron chi connectivity index (χ2n) is 3.76. The number of nitrogens with zero attached hydrogens (tertiary/aromatic N) is 2. The molecule has 0 aromatic rings. The van der Waals surface area contributed by atoms with E-state index in [9.17, 15) is 4.79 Å². The lowest BCUT2D eigenvalue weighted by molar-refractivity contribution is -0.186. The zero-order valence-corrected chi connectivity index (χ0v) is 8.13. The predicted molar refractivity (Wildman–Crippen MR) is 45.2 cm³/mol. The molecule has 4 heteroatoms. The Kier molecular flexibility index (Phi) is 2.39. The maximum Gasteiger partial charge on any atom is 0.226 e. The quantitative estimate of drug-likeness (QED) is 0.457. The summed E-state index contributed by atoms with van der Waals surface area (Å²) in [6, 6.07) is 0. The molecule has 0 N–H and O–H groups in total. The molecule has 1 heterocycles. The number of β-lactam (4-membered cyclic amide) rings is 1. The SMILES string of the molecule is CON(C)CN1C(=O)CC1(C)C. The molecule has 1 amide bonds. The molecule has 0 spiro atoms. The van der Waals surface area contributed by atoms with E-state index < -0.39 is 0 Å². The molecule has 0 aromatic heterocycles. The van der Waals surface area contributed by atoms with Gasteiger partial charge in [-0.05, 0) is 13.8 Å². The number of hydrogen-bond acceptors (Lipinski definition) is 3. The molecule has 70 valence electrons. The fourth-order valence-electron chi connectivity index (χ4n) is 1.33. The first-order valence-electron chi connectivity index (χ1n) is 4.03. The van der Waals surface area contributed by atoms with Gasteiger partial charge in [0, 0.05) is 19.0 Å². The van der Waals surface area contributed by atoms with Crippen LogP contribution in [-0.4, -0.2) is 42.2 Å². The Labute approximate surface area is 73.0 Å². The van der Waals surface area contributed by atoms with E-state index in [0.29, 0.717) is 13.1 Å². The third-order valence-corrected chi connectivity index (χ3v) is 2.27. The number of likely N-dealkylation sites (tertiary alicyclic amines) is 1. The van der Waals surface area contributed by atoms with Crippen LogP contribution in [0, 0.1) is 0 Å². The van der Waals surface area contributed by atoms with E-state index in [1.54, 1.807) is 17.1 Å². The van der Waals surface area contributed by atoms with Crippen LogP contribution in [0.4, 0.5) is 0 Å². The molecule has 0 radical (unpaired) electrons. The Bertz CT molecular complexity index is 191. The van der Waals surface area contributed by atoms with Gasteiger partial charge in [0.05, 0.1) is 13.8 Å². The maximum absolute atomic E-state index is 11.1. The molecule has 0 aromatic carbocycles. The highest BCUT2D eigenvalue weighted by molar-refractivity contribution is 5.84. The van der Waals surface area contributed by atoms with Crippen LogP contribution in [0.2, 0.25) is 0 Å². The molecule has 12 heavy (non-hydrogen) atoms. The summed E-state index contributed by atoms with van der Waals surface area (Å²) >= 11 is 0. The lowest BCUT2D eigenvalue weighted by Crippen LogP contribution is -2.62. The third-order valence-electron chi connectivity index (χ3n) is 2.27. The van der Waals surface area contributed by atoms with E-state index in [-0.39, 0.29) is 11.4 Å². The van der Waals surface area contributed by atoms with Crippen LogP contribution in [-0.2, 0) is 9.63 Å². The van der Waals surface area contributed by atoms with Crippen molar-refractivity contribution in [1.29, 1.82) is 0 Å². The number of carbonyl (C=O) groups excluding carboxylic acids is 1. The summed E-state index contributed by atoms with van der Waals surface area (Å²) in [6.07, 6.45) is 0.643. The lowest BCUT2D eigenvalue weighted by atomic mass is 9.89. The largest absolute Gasteiger partial charge is 0.322 e. The Morgan fingerprint density at radius 2 is 2.25 bits per heavy atom. The maximum atomic E-state index is 11.1. The zero-order valence-electron chi connectivity index (χ0n) is 8.13. The van der Waals surface area contributed by atoms with Crippen molar-refractivity contribution in [3.8, 4) is 0 Å². The van der Waals surface area contributed by atoms with E-state index >= 15 is 0 Å². The molecule has 1 rings (SSSR count). The summed E-state index contributed by atoms with van der Waals surface area (Å²) in [5, 5.41) is 1.64. The summed E-state index contributed by atoms with van der Waals surface area (Å²) in [6.45, 7) is 4.65. The number of rotatable bonds is 3. The molecule has 0 aliphatic carbocycles. The third kappa shape index (κ3) is 1.59. The van der Waals surface area contributed by atoms with Crippen molar-refractivity contribution in [1.82, 2.24) is 9.96 Å². The molecule has 1 saturated heterocycles. The first-order valence-corrected chi connectivity index (χ1v) is 4.03. The summed E-state index contributed by atoms with van der Waals surface area (Å²) in [5.74, 6) is 0.198. The van der Waals surface area contributed by atoms with Gasteiger partial charge >= 0.3 is 0 Å². The Hall–Kier alpha value is -0.610. The lowest BCUT2D eigenvalue weighted by Gasteiger charge is -2.48. The van der Waals surface area contributed by atoms with Crippen LogP contribution in [0.25, 0.3) is 0 Å². The number of carbonyl (C=O) groups is 1. The summed E-state index contributed by atoms with van der Waals surface area (Å²) < 4.78 is 0. The zero-order chi connectivity index (χ0) is 9.35. The van der Waals surface area contributed by atoms with Gasteiger partial charge in [-0.25, -0.2) is 0 Å². The fourth-order valence-corrected chi connectivity index (χ4v) is 1.33. The average molecular weight is 172 g/mol. The number of amides is 1. The predicted octanol–water partition coefficient (Wildman–Crippen LogP) is 0.448. The highest BCUT2D eigenvalue weighted by Crippen LogP contribution is 2.30. The van der Waals surface area contributed by atoms with Crippen molar-refractivity contribution in [2.75, 3.05) is 20.8 Å². The molecular weight excluding hydrogens is 156 g/mol.